The number of imidazole rings is 1. The van der Waals surface area contributed by atoms with E-state index >= 15 is 0 Å². The molecule has 2 aromatic heterocycles. The summed E-state index contributed by atoms with van der Waals surface area (Å²) < 4.78 is 11.3. The van der Waals surface area contributed by atoms with E-state index in [0.717, 1.165) is 22.4 Å². The minimum absolute atomic E-state index is 0.0358. The van der Waals surface area contributed by atoms with Crippen LogP contribution in [0.4, 0.5) is 4.79 Å². The lowest BCUT2D eigenvalue weighted by atomic mass is 9.84. The second-order valence-corrected chi connectivity index (χ2v) is 12.5. The van der Waals surface area contributed by atoms with Crippen molar-refractivity contribution in [3.63, 3.8) is 0 Å². The van der Waals surface area contributed by atoms with Crippen LogP contribution in [0.2, 0.25) is 0 Å². The van der Waals surface area contributed by atoms with Gasteiger partial charge in [0.05, 0.1) is 24.3 Å². The first-order chi connectivity index (χ1) is 24.2. The number of aromatic nitrogens is 3. The summed E-state index contributed by atoms with van der Waals surface area (Å²) in [5, 5.41) is 5.73. The van der Waals surface area contributed by atoms with E-state index in [4.69, 9.17) is 9.47 Å². The highest BCUT2D eigenvalue weighted by Gasteiger charge is 2.30. The summed E-state index contributed by atoms with van der Waals surface area (Å²) in [7, 11) is 0. The maximum Gasteiger partial charge on any atom is 0.408 e. The number of alkyl carbamates (subject to hydrolysis) is 1. The van der Waals surface area contributed by atoms with Crippen molar-refractivity contribution in [1.29, 1.82) is 0 Å². The first-order valence-electron chi connectivity index (χ1n) is 16.4. The molecule has 0 saturated carbocycles. The van der Waals surface area contributed by atoms with E-state index in [1.54, 1.807) is 12.4 Å². The lowest BCUT2D eigenvalue weighted by molar-refractivity contribution is -0.138. The zero-order valence-electron chi connectivity index (χ0n) is 28.2. The average molecular weight is 675 g/mol. The van der Waals surface area contributed by atoms with Gasteiger partial charge >= 0.3 is 6.09 Å². The highest BCUT2D eigenvalue weighted by Crippen LogP contribution is 2.22. The molecule has 0 fully saturated rings. The summed E-state index contributed by atoms with van der Waals surface area (Å²) >= 11 is 0. The zero-order valence-corrected chi connectivity index (χ0v) is 28.2. The van der Waals surface area contributed by atoms with Gasteiger partial charge in [-0.2, -0.15) is 0 Å². The fraction of sp³-hybridized carbons (Fsp3) is 0.256. The molecule has 258 valence electrons. The lowest BCUT2D eigenvalue weighted by Gasteiger charge is -2.29. The number of hydrogen-bond donors (Lipinski definition) is 3. The summed E-state index contributed by atoms with van der Waals surface area (Å²) in [6, 6.07) is 31.1. The van der Waals surface area contributed by atoms with Crippen LogP contribution in [0, 0.1) is 0 Å². The van der Waals surface area contributed by atoms with Gasteiger partial charge in [0.2, 0.25) is 11.8 Å². The Morgan fingerprint density at radius 1 is 0.820 bits per heavy atom. The van der Waals surface area contributed by atoms with E-state index in [9.17, 15) is 14.4 Å². The average Bonchev–Trinajstić information content (AvgIpc) is 3.66. The van der Waals surface area contributed by atoms with Crippen molar-refractivity contribution in [3.05, 3.63) is 150 Å². The van der Waals surface area contributed by atoms with Crippen molar-refractivity contribution < 1.29 is 23.9 Å². The van der Waals surface area contributed by atoms with Gasteiger partial charge in [-0.15, -0.1) is 0 Å². The van der Waals surface area contributed by atoms with Gasteiger partial charge in [-0.05, 0) is 41.0 Å². The molecule has 0 aliphatic carbocycles. The van der Waals surface area contributed by atoms with E-state index < -0.39 is 18.0 Å². The van der Waals surface area contributed by atoms with E-state index in [2.05, 4.69) is 25.6 Å². The summed E-state index contributed by atoms with van der Waals surface area (Å²) in [5.74, 6) is -0.155. The van der Waals surface area contributed by atoms with E-state index in [-0.39, 0.29) is 37.4 Å². The van der Waals surface area contributed by atoms with Crippen molar-refractivity contribution in [3.8, 4) is 5.75 Å². The standard InChI is InChI=1S/C39H42N6O5/c1-39(2,31-13-7-4-8-14-31)27-42-36(46)24-45(23-29-16-18-34(19-17-29)49-26-32-15-9-10-20-41-32)37(47)35(21-33-22-40-28-43-33)44-38(48)50-25-30-11-5-3-6-12-30/h3-20,22,28,35H,21,23-27H2,1-2H3,(H,40,43)(H,42,46)(H,44,48)/t35-/m0/s1. The van der Waals surface area contributed by atoms with Gasteiger partial charge in [0, 0.05) is 37.3 Å². The topological polar surface area (TPSA) is 139 Å². The molecule has 3 aromatic carbocycles. The molecule has 11 nitrogen and oxygen atoms in total. The van der Waals surface area contributed by atoms with Crippen molar-refractivity contribution in [2.45, 2.75) is 51.5 Å². The third-order valence-corrected chi connectivity index (χ3v) is 8.11. The molecule has 0 radical (unpaired) electrons. The van der Waals surface area contributed by atoms with Crippen LogP contribution in [-0.4, -0.2) is 56.9 Å². The maximum absolute atomic E-state index is 14.3. The summed E-state index contributed by atoms with van der Waals surface area (Å²) in [6.45, 7) is 4.67. The van der Waals surface area contributed by atoms with Gasteiger partial charge < -0.3 is 30.0 Å². The van der Waals surface area contributed by atoms with Crippen LogP contribution in [0.5, 0.6) is 5.75 Å². The van der Waals surface area contributed by atoms with Gasteiger partial charge in [0.25, 0.3) is 0 Å². The molecule has 2 heterocycles. The fourth-order valence-corrected chi connectivity index (χ4v) is 5.24. The number of aromatic amines is 1. The van der Waals surface area contributed by atoms with Crippen molar-refractivity contribution in [2.24, 2.45) is 0 Å². The first kappa shape index (κ1) is 35.3. The molecule has 50 heavy (non-hydrogen) atoms. The fourth-order valence-electron chi connectivity index (χ4n) is 5.24. The van der Waals surface area contributed by atoms with Crippen LogP contribution in [0.15, 0.2) is 122 Å². The molecule has 3 amide bonds. The quantitative estimate of drug-likeness (QED) is 0.128. The van der Waals surface area contributed by atoms with Crippen LogP contribution in [0.1, 0.15) is 41.9 Å². The number of carbonyl (C=O) groups excluding carboxylic acids is 3. The third kappa shape index (κ3) is 10.8. The Bertz CT molecular complexity index is 1780. The van der Waals surface area contributed by atoms with Crippen molar-refractivity contribution in [2.75, 3.05) is 13.1 Å². The van der Waals surface area contributed by atoms with Gasteiger partial charge in [0.1, 0.15) is 25.0 Å². The number of ether oxygens (including phenoxy) is 2. The van der Waals surface area contributed by atoms with Crippen LogP contribution >= 0.6 is 0 Å². The zero-order chi connectivity index (χ0) is 35.2. The van der Waals surface area contributed by atoms with Crippen LogP contribution < -0.4 is 15.4 Å². The summed E-state index contributed by atoms with van der Waals surface area (Å²) in [4.78, 5) is 53.6. The highest BCUT2D eigenvalue weighted by atomic mass is 16.5. The van der Waals surface area contributed by atoms with Crippen LogP contribution in [0.25, 0.3) is 0 Å². The molecule has 1 atom stereocenters. The smallest absolute Gasteiger partial charge is 0.408 e. The number of H-pyrrole nitrogens is 1. The molecule has 11 heteroatoms. The lowest BCUT2D eigenvalue weighted by Crippen LogP contribution is -2.52. The number of rotatable bonds is 16. The predicted molar refractivity (Wildman–Crippen MR) is 189 cm³/mol. The normalized spacial score (nSPS) is 11.6. The predicted octanol–water partition coefficient (Wildman–Crippen LogP) is 5.34. The molecular weight excluding hydrogens is 632 g/mol. The molecule has 0 unspecified atom stereocenters. The molecule has 5 aromatic rings. The Labute approximate surface area is 292 Å². The molecule has 5 rings (SSSR count). The number of nitrogens with zero attached hydrogens (tertiary/aromatic N) is 3. The number of benzene rings is 3. The Morgan fingerprint density at radius 3 is 2.22 bits per heavy atom. The number of hydrogen-bond acceptors (Lipinski definition) is 7. The molecule has 0 bridgehead atoms. The third-order valence-electron chi connectivity index (χ3n) is 8.11. The summed E-state index contributed by atoms with van der Waals surface area (Å²) in [6.07, 6.45) is 4.20. The Kier molecular flexibility index (Phi) is 12.3. The summed E-state index contributed by atoms with van der Waals surface area (Å²) in [5.41, 5.74) is 3.68. The minimum Gasteiger partial charge on any atom is -0.487 e. The monoisotopic (exact) mass is 674 g/mol. The van der Waals surface area contributed by atoms with E-state index in [0.29, 0.717) is 24.6 Å². The maximum atomic E-state index is 14.3. The number of amides is 3. The number of pyridine rings is 1. The number of nitrogens with one attached hydrogen (secondary N) is 3. The van der Waals surface area contributed by atoms with Crippen molar-refractivity contribution >= 4 is 17.9 Å². The Morgan fingerprint density at radius 2 is 1.54 bits per heavy atom. The number of carbonyl (C=O) groups is 3. The molecule has 0 saturated heterocycles. The SMILES string of the molecule is CC(C)(CNC(=O)CN(Cc1ccc(OCc2ccccn2)cc1)C(=O)[C@H](Cc1c[nH]cn1)NC(=O)OCc1ccccc1)c1ccccc1. The van der Waals surface area contributed by atoms with E-state index in [1.165, 1.54) is 11.2 Å². The largest absolute Gasteiger partial charge is 0.487 e. The Balaban J connectivity index is 1.31. The van der Waals surface area contributed by atoms with Gasteiger partial charge in [-0.3, -0.25) is 14.6 Å². The second-order valence-electron chi connectivity index (χ2n) is 12.5. The van der Waals surface area contributed by atoms with Crippen LogP contribution in [-0.2, 0) is 45.9 Å². The van der Waals surface area contributed by atoms with Gasteiger partial charge in [-0.25, -0.2) is 9.78 Å². The Hall–Kier alpha value is -5.97. The first-order valence-corrected chi connectivity index (χ1v) is 16.4. The second kappa shape index (κ2) is 17.4. The van der Waals surface area contributed by atoms with Gasteiger partial charge in [-0.1, -0.05) is 92.7 Å². The van der Waals surface area contributed by atoms with Crippen LogP contribution in [0.3, 0.4) is 0 Å². The van der Waals surface area contributed by atoms with Gasteiger partial charge in [0.15, 0.2) is 0 Å². The highest BCUT2D eigenvalue weighted by molar-refractivity contribution is 5.89. The minimum atomic E-state index is -1.06. The molecule has 0 aliphatic rings. The molecule has 3 N–H and O–H groups in total. The molecule has 0 spiro atoms. The molecule has 0 aliphatic heterocycles. The molecular formula is C39H42N6O5. The van der Waals surface area contributed by atoms with E-state index in [1.807, 2.05) is 117 Å². The van der Waals surface area contributed by atoms with Crippen molar-refractivity contribution in [1.82, 2.24) is 30.5 Å².